The summed E-state index contributed by atoms with van der Waals surface area (Å²) in [6.45, 7) is 7.58. The molecule has 0 radical (unpaired) electrons. The number of aliphatic hydroxyl groups is 1. The summed E-state index contributed by atoms with van der Waals surface area (Å²) in [7, 11) is 0. The molecule has 5 nitrogen and oxygen atoms in total. The van der Waals surface area contributed by atoms with Gasteiger partial charge in [-0.1, -0.05) is 0 Å². The molecule has 0 unspecified atom stereocenters. The predicted octanol–water partition coefficient (Wildman–Crippen LogP) is 1.37. The highest BCUT2D eigenvalue weighted by atomic mass is 32.1. The summed E-state index contributed by atoms with van der Waals surface area (Å²) in [5, 5.41) is 14.6. The molecule has 1 aromatic rings. The molecule has 0 bridgehead atoms. The molecule has 0 aliphatic heterocycles. The van der Waals surface area contributed by atoms with Crippen LogP contribution in [0.15, 0.2) is 12.1 Å². The van der Waals surface area contributed by atoms with Gasteiger partial charge in [-0.15, -0.1) is 11.3 Å². The second kappa shape index (κ2) is 6.85. The molecule has 6 heteroatoms. The number of rotatable bonds is 4. The lowest BCUT2D eigenvalue weighted by atomic mass is 10.1. The number of carbonyl (C=O) groups excluding carboxylic acids is 2. The molecule has 2 amide bonds. The van der Waals surface area contributed by atoms with Gasteiger partial charge in [-0.25, -0.2) is 0 Å². The lowest BCUT2D eigenvalue weighted by Gasteiger charge is -2.19. The van der Waals surface area contributed by atoms with Crippen molar-refractivity contribution >= 4 is 23.2 Å². The van der Waals surface area contributed by atoms with E-state index >= 15 is 0 Å². The molecule has 0 aromatic carbocycles. The molecule has 20 heavy (non-hydrogen) atoms. The maximum absolute atomic E-state index is 11.6. The second-order valence-electron chi connectivity index (χ2n) is 5.69. The first-order valence-electron chi connectivity index (χ1n) is 6.56. The molecule has 0 saturated carbocycles. The number of carbonyl (C=O) groups is 2. The number of hydrogen-bond donors (Lipinski definition) is 3. The predicted molar refractivity (Wildman–Crippen MR) is 79.6 cm³/mol. The lowest BCUT2D eigenvalue weighted by molar-refractivity contribution is -0.140. The summed E-state index contributed by atoms with van der Waals surface area (Å²) in [5.41, 5.74) is -0.422. The molecular formula is C14H22N2O3S. The molecule has 0 saturated heterocycles. The number of hydrogen-bond acceptors (Lipinski definition) is 4. The number of nitrogens with one attached hydrogen (secondary N) is 2. The molecule has 3 N–H and O–H groups in total. The molecule has 0 fully saturated rings. The Morgan fingerprint density at radius 1 is 1.30 bits per heavy atom. The van der Waals surface area contributed by atoms with Gasteiger partial charge in [-0.05, 0) is 46.2 Å². The summed E-state index contributed by atoms with van der Waals surface area (Å²) >= 11 is 1.51. The Balaban J connectivity index is 2.36. The van der Waals surface area contributed by atoms with Crippen LogP contribution in [0.4, 0.5) is 0 Å². The monoisotopic (exact) mass is 298 g/mol. The first-order valence-corrected chi connectivity index (χ1v) is 7.38. The van der Waals surface area contributed by atoms with E-state index in [1.807, 2.05) is 32.9 Å². The van der Waals surface area contributed by atoms with E-state index in [1.165, 1.54) is 11.3 Å². The molecule has 1 aromatic heterocycles. The average Bonchev–Trinajstić information content (AvgIpc) is 2.75. The standard InChI is InChI=1S/C14H22N2O3S/c1-9(17)11-6-5-10(20-11)7-8-15-12(18)13(19)16-14(2,3)4/h5-6,9,17H,7-8H2,1-4H3,(H,15,18)(H,16,19)/t9-/m1/s1. The Bertz CT molecular complexity index is 475. The molecule has 112 valence electrons. The Morgan fingerprint density at radius 3 is 2.45 bits per heavy atom. The van der Waals surface area contributed by atoms with Crippen molar-refractivity contribution in [3.63, 3.8) is 0 Å². The molecule has 0 aliphatic rings. The number of thiophene rings is 1. The summed E-state index contributed by atoms with van der Waals surface area (Å²) in [5.74, 6) is -1.24. The van der Waals surface area contributed by atoms with E-state index in [-0.39, 0.29) is 0 Å². The van der Waals surface area contributed by atoms with Crippen LogP contribution in [-0.2, 0) is 16.0 Å². The van der Waals surface area contributed by atoms with E-state index in [9.17, 15) is 14.7 Å². The smallest absolute Gasteiger partial charge is 0.309 e. The zero-order valence-corrected chi connectivity index (χ0v) is 13.1. The Labute approximate surface area is 123 Å². The minimum Gasteiger partial charge on any atom is -0.388 e. The van der Waals surface area contributed by atoms with Crippen molar-refractivity contribution in [2.24, 2.45) is 0 Å². The highest BCUT2D eigenvalue weighted by Gasteiger charge is 2.19. The van der Waals surface area contributed by atoms with Crippen molar-refractivity contribution < 1.29 is 14.7 Å². The Morgan fingerprint density at radius 2 is 1.95 bits per heavy atom. The van der Waals surface area contributed by atoms with Crippen LogP contribution in [0, 0.1) is 0 Å². The van der Waals surface area contributed by atoms with E-state index in [2.05, 4.69) is 10.6 Å². The van der Waals surface area contributed by atoms with Gasteiger partial charge in [0, 0.05) is 21.8 Å². The number of aliphatic hydroxyl groups excluding tert-OH is 1. The van der Waals surface area contributed by atoms with Crippen LogP contribution in [0.1, 0.15) is 43.6 Å². The van der Waals surface area contributed by atoms with Crippen LogP contribution in [0.5, 0.6) is 0 Å². The van der Waals surface area contributed by atoms with Crippen LogP contribution < -0.4 is 10.6 Å². The second-order valence-corrected chi connectivity index (χ2v) is 6.89. The Hall–Kier alpha value is -1.40. The topological polar surface area (TPSA) is 78.4 Å². The van der Waals surface area contributed by atoms with Crippen LogP contribution in [0.2, 0.25) is 0 Å². The van der Waals surface area contributed by atoms with Gasteiger partial charge < -0.3 is 15.7 Å². The summed E-state index contributed by atoms with van der Waals surface area (Å²) in [6, 6.07) is 3.80. The first kappa shape index (κ1) is 16.7. The highest BCUT2D eigenvalue weighted by Crippen LogP contribution is 2.22. The van der Waals surface area contributed by atoms with Crippen LogP contribution in [-0.4, -0.2) is 29.0 Å². The lowest BCUT2D eigenvalue weighted by Crippen LogP contribution is -2.48. The maximum atomic E-state index is 11.6. The first-order chi connectivity index (χ1) is 9.19. The third-order valence-electron chi connectivity index (χ3n) is 2.45. The minimum absolute atomic E-state index is 0.399. The van der Waals surface area contributed by atoms with Crippen molar-refractivity contribution in [2.75, 3.05) is 6.54 Å². The molecular weight excluding hydrogens is 276 g/mol. The zero-order valence-electron chi connectivity index (χ0n) is 12.3. The van der Waals surface area contributed by atoms with Crippen molar-refractivity contribution in [3.8, 4) is 0 Å². The zero-order chi connectivity index (χ0) is 15.3. The van der Waals surface area contributed by atoms with Gasteiger partial charge in [-0.2, -0.15) is 0 Å². The van der Waals surface area contributed by atoms with Crippen molar-refractivity contribution in [1.82, 2.24) is 10.6 Å². The fourth-order valence-corrected chi connectivity index (χ4v) is 2.48. The van der Waals surface area contributed by atoms with Crippen LogP contribution in [0.3, 0.4) is 0 Å². The molecule has 1 atom stereocenters. The van der Waals surface area contributed by atoms with Crippen molar-refractivity contribution in [1.29, 1.82) is 0 Å². The van der Waals surface area contributed by atoms with Gasteiger partial charge in [-0.3, -0.25) is 9.59 Å². The van der Waals surface area contributed by atoms with E-state index in [0.29, 0.717) is 13.0 Å². The summed E-state index contributed by atoms with van der Waals surface area (Å²) in [6.07, 6.45) is 0.173. The third-order valence-corrected chi connectivity index (χ3v) is 3.76. The van der Waals surface area contributed by atoms with E-state index in [0.717, 1.165) is 9.75 Å². The third kappa shape index (κ3) is 5.71. The normalized spacial score (nSPS) is 12.8. The average molecular weight is 298 g/mol. The summed E-state index contributed by atoms with van der Waals surface area (Å²) < 4.78 is 0. The van der Waals surface area contributed by atoms with Crippen LogP contribution in [0.25, 0.3) is 0 Å². The fraction of sp³-hybridized carbons (Fsp3) is 0.571. The highest BCUT2D eigenvalue weighted by molar-refractivity contribution is 7.12. The quantitative estimate of drug-likeness (QED) is 0.735. The van der Waals surface area contributed by atoms with E-state index < -0.39 is 23.5 Å². The van der Waals surface area contributed by atoms with Gasteiger partial charge in [0.25, 0.3) is 0 Å². The van der Waals surface area contributed by atoms with Crippen molar-refractivity contribution in [2.45, 2.75) is 45.8 Å². The van der Waals surface area contributed by atoms with E-state index in [4.69, 9.17) is 0 Å². The number of amides is 2. The molecule has 0 aliphatic carbocycles. The molecule has 1 rings (SSSR count). The SMILES string of the molecule is C[C@@H](O)c1ccc(CCNC(=O)C(=O)NC(C)(C)C)s1. The fourth-order valence-electron chi connectivity index (χ4n) is 1.53. The Kier molecular flexibility index (Phi) is 5.71. The summed E-state index contributed by atoms with van der Waals surface area (Å²) in [4.78, 5) is 25.1. The maximum Gasteiger partial charge on any atom is 0.309 e. The molecule has 1 heterocycles. The largest absolute Gasteiger partial charge is 0.388 e. The van der Waals surface area contributed by atoms with Gasteiger partial charge in [0.1, 0.15) is 0 Å². The molecule has 0 spiro atoms. The minimum atomic E-state index is -0.618. The van der Waals surface area contributed by atoms with Crippen LogP contribution >= 0.6 is 11.3 Å². The van der Waals surface area contributed by atoms with E-state index in [1.54, 1.807) is 6.92 Å². The van der Waals surface area contributed by atoms with Crippen molar-refractivity contribution in [3.05, 3.63) is 21.9 Å². The van der Waals surface area contributed by atoms with Gasteiger partial charge in [0.05, 0.1) is 6.10 Å². The van der Waals surface area contributed by atoms with Gasteiger partial charge in [0.15, 0.2) is 0 Å². The van der Waals surface area contributed by atoms with Gasteiger partial charge >= 0.3 is 11.8 Å². The van der Waals surface area contributed by atoms with Gasteiger partial charge in [0.2, 0.25) is 0 Å².